The number of ether oxygens (including phenoxy) is 1. The monoisotopic (exact) mass is 284 g/mol. The van der Waals surface area contributed by atoms with E-state index in [2.05, 4.69) is 56.2 Å². The summed E-state index contributed by atoms with van der Waals surface area (Å²) >= 11 is 0. The van der Waals surface area contributed by atoms with Gasteiger partial charge >= 0.3 is 0 Å². The third-order valence-corrected chi connectivity index (χ3v) is 3.66. The van der Waals surface area contributed by atoms with Gasteiger partial charge in [0.2, 0.25) is 5.88 Å². The summed E-state index contributed by atoms with van der Waals surface area (Å²) in [6.45, 7) is 9.48. The third kappa shape index (κ3) is 4.05. The van der Waals surface area contributed by atoms with Crippen LogP contribution < -0.4 is 10.1 Å². The molecule has 0 saturated carbocycles. The molecule has 2 aromatic rings. The second kappa shape index (κ2) is 7.23. The van der Waals surface area contributed by atoms with Crippen molar-refractivity contribution in [2.45, 2.75) is 40.2 Å². The molecule has 0 aliphatic heterocycles. The number of benzene rings is 1. The van der Waals surface area contributed by atoms with E-state index in [1.807, 2.05) is 12.1 Å². The SMILES string of the molecule is CCCNC(C)c1cccnc1Oc1ccc(C)c(C)c1. The van der Waals surface area contributed by atoms with Gasteiger partial charge in [0.05, 0.1) is 0 Å². The predicted octanol–water partition coefficient (Wildman–Crippen LogP) is 4.55. The predicted molar refractivity (Wildman–Crippen MR) is 86.9 cm³/mol. The smallest absolute Gasteiger partial charge is 0.223 e. The van der Waals surface area contributed by atoms with Crippen molar-refractivity contribution in [2.24, 2.45) is 0 Å². The standard InChI is InChI=1S/C18H24N2O/c1-5-10-19-15(4)17-7-6-11-20-18(17)21-16-9-8-13(2)14(3)12-16/h6-9,11-12,15,19H,5,10H2,1-4H3. The maximum atomic E-state index is 6.00. The summed E-state index contributed by atoms with van der Waals surface area (Å²) in [5, 5.41) is 3.48. The summed E-state index contributed by atoms with van der Waals surface area (Å²) in [5.41, 5.74) is 3.58. The quantitative estimate of drug-likeness (QED) is 0.845. The highest BCUT2D eigenvalue weighted by molar-refractivity contribution is 5.38. The van der Waals surface area contributed by atoms with E-state index in [-0.39, 0.29) is 6.04 Å². The summed E-state index contributed by atoms with van der Waals surface area (Å²) in [6, 6.07) is 10.4. The second-order valence-corrected chi connectivity index (χ2v) is 5.42. The lowest BCUT2D eigenvalue weighted by molar-refractivity contribution is 0.442. The number of nitrogens with zero attached hydrogens (tertiary/aromatic N) is 1. The van der Waals surface area contributed by atoms with Crippen molar-refractivity contribution in [3.05, 3.63) is 53.2 Å². The van der Waals surface area contributed by atoms with Gasteiger partial charge in [-0.25, -0.2) is 4.98 Å². The molecular weight excluding hydrogens is 260 g/mol. The Labute approximate surface area is 127 Å². The van der Waals surface area contributed by atoms with Gasteiger partial charge in [-0.2, -0.15) is 0 Å². The molecule has 1 atom stereocenters. The van der Waals surface area contributed by atoms with Crippen LogP contribution in [0.3, 0.4) is 0 Å². The van der Waals surface area contributed by atoms with Gasteiger partial charge in [0.1, 0.15) is 5.75 Å². The van der Waals surface area contributed by atoms with E-state index in [0.29, 0.717) is 5.88 Å². The van der Waals surface area contributed by atoms with Gasteiger partial charge in [0.15, 0.2) is 0 Å². The molecule has 0 amide bonds. The summed E-state index contributed by atoms with van der Waals surface area (Å²) in [4.78, 5) is 4.39. The lowest BCUT2D eigenvalue weighted by atomic mass is 10.1. The number of aromatic nitrogens is 1. The number of nitrogens with one attached hydrogen (secondary N) is 1. The van der Waals surface area contributed by atoms with Crippen molar-refractivity contribution in [3.63, 3.8) is 0 Å². The molecule has 0 saturated heterocycles. The molecule has 0 radical (unpaired) electrons. The highest BCUT2D eigenvalue weighted by Gasteiger charge is 2.12. The number of aryl methyl sites for hydroxylation is 2. The molecule has 3 nitrogen and oxygen atoms in total. The molecule has 3 heteroatoms. The number of rotatable bonds is 6. The molecule has 0 aliphatic rings. The van der Waals surface area contributed by atoms with Gasteiger partial charge in [-0.3, -0.25) is 0 Å². The lowest BCUT2D eigenvalue weighted by Crippen LogP contribution is -2.20. The first-order chi connectivity index (χ1) is 10.1. The fourth-order valence-electron chi connectivity index (χ4n) is 2.18. The number of hydrogen-bond donors (Lipinski definition) is 1. The average molecular weight is 284 g/mol. The molecule has 0 bridgehead atoms. The highest BCUT2D eigenvalue weighted by atomic mass is 16.5. The second-order valence-electron chi connectivity index (χ2n) is 5.42. The van der Waals surface area contributed by atoms with Crippen molar-refractivity contribution in [2.75, 3.05) is 6.54 Å². The molecule has 0 fully saturated rings. The minimum Gasteiger partial charge on any atom is -0.439 e. The Balaban J connectivity index is 2.21. The Hall–Kier alpha value is -1.87. The van der Waals surface area contributed by atoms with Gasteiger partial charge in [0, 0.05) is 17.8 Å². The third-order valence-electron chi connectivity index (χ3n) is 3.66. The Morgan fingerprint density at radius 3 is 2.71 bits per heavy atom. The van der Waals surface area contributed by atoms with E-state index in [0.717, 1.165) is 24.3 Å². The normalized spacial score (nSPS) is 12.2. The summed E-state index contributed by atoms with van der Waals surface area (Å²) in [7, 11) is 0. The lowest BCUT2D eigenvalue weighted by Gasteiger charge is -2.17. The van der Waals surface area contributed by atoms with Crippen LogP contribution in [0.2, 0.25) is 0 Å². The Bertz CT molecular complexity index is 596. The minimum absolute atomic E-state index is 0.222. The molecule has 1 heterocycles. The average Bonchev–Trinajstić information content (AvgIpc) is 2.49. The van der Waals surface area contributed by atoms with Crippen LogP contribution in [0.5, 0.6) is 11.6 Å². The molecule has 21 heavy (non-hydrogen) atoms. The Kier molecular flexibility index (Phi) is 5.34. The topological polar surface area (TPSA) is 34.2 Å². The first-order valence-corrected chi connectivity index (χ1v) is 7.55. The molecule has 0 spiro atoms. The van der Waals surface area contributed by atoms with E-state index in [4.69, 9.17) is 4.74 Å². The van der Waals surface area contributed by atoms with E-state index in [1.165, 1.54) is 11.1 Å². The maximum absolute atomic E-state index is 6.00. The van der Waals surface area contributed by atoms with Gasteiger partial charge in [-0.1, -0.05) is 19.1 Å². The molecule has 1 unspecified atom stereocenters. The van der Waals surface area contributed by atoms with Crippen molar-refractivity contribution in [1.29, 1.82) is 0 Å². The van der Waals surface area contributed by atoms with Crippen LogP contribution in [0.25, 0.3) is 0 Å². The van der Waals surface area contributed by atoms with Gasteiger partial charge in [-0.15, -0.1) is 0 Å². The van der Waals surface area contributed by atoms with Crippen molar-refractivity contribution in [1.82, 2.24) is 10.3 Å². The largest absolute Gasteiger partial charge is 0.439 e. The van der Waals surface area contributed by atoms with Crippen LogP contribution >= 0.6 is 0 Å². The Morgan fingerprint density at radius 1 is 1.19 bits per heavy atom. The fraction of sp³-hybridized carbons (Fsp3) is 0.389. The van der Waals surface area contributed by atoms with E-state index >= 15 is 0 Å². The van der Waals surface area contributed by atoms with E-state index in [9.17, 15) is 0 Å². The van der Waals surface area contributed by atoms with Crippen molar-refractivity contribution < 1.29 is 4.74 Å². The maximum Gasteiger partial charge on any atom is 0.223 e. The van der Waals surface area contributed by atoms with Crippen LogP contribution in [0.1, 0.15) is 43.0 Å². The van der Waals surface area contributed by atoms with Crippen molar-refractivity contribution >= 4 is 0 Å². The highest BCUT2D eigenvalue weighted by Crippen LogP contribution is 2.28. The van der Waals surface area contributed by atoms with Crippen LogP contribution in [0.4, 0.5) is 0 Å². The molecule has 1 aromatic heterocycles. The van der Waals surface area contributed by atoms with Crippen molar-refractivity contribution in [3.8, 4) is 11.6 Å². The van der Waals surface area contributed by atoms with Gasteiger partial charge in [0.25, 0.3) is 0 Å². The first kappa shape index (κ1) is 15.5. The molecule has 1 N–H and O–H groups in total. The first-order valence-electron chi connectivity index (χ1n) is 7.55. The number of hydrogen-bond acceptors (Lipinski definition) is 3. The zero-order valence-corrected chi connectivity index (χ0v) is 13.3. The molecule has 2 rings (SSSR count). The summed E-state index contributed by atoms with van der Waals surface area (Å²) in [6.07, 6.45) is 2.88. The van der Waals surface area contributed by atoms with Gasteiger partial charge in [-0.05, 0) is 63.1 Å². The molecule has 112 valence electrons. The zero-order chi connectivity index (χ0) is 15.2. The summed E-state index contributed by atoms with van der Waals surface area (Å²) < 4.78 is 6.00. The Morgan fingerprint density at radius 2 is 2.00 bits per heavy atom. The zero-order valence-electron chi connectivity index (χ0n) is 13.3. The summed E-state index contributed by atoms with van der Waals surface area (Å²) in [5.74, 6) is 1.51. The van der Waals surface area contributed by atoms with E-state index < -0.39 is 0 Å². The molecular formula is C18H24N2O. The van der Waals surface area contributed by atoms with E-state index in [1.54, 1.807) is 6.20 Å². The fourth-order valence-corrected chi connectivity index (χ4v) is 2.18. The van der Waals surface area contributed by atoms with Crippen LogP contribution in [0, 0.1) is 13.8 Å². The van der Waals surface area contributed by atoms with Crippen LogP contribution in [0.15, 0.2) is 36.5 Å². The number of pyridine rings is 1. The molecule has 0 aliphatic carbocycles. The molecule has 1 aromatic carbocycles. The van der Waals surface area contributed by atoms with Crippen LogP contribution in [-0.4, -0.2) is 11.5 Å². The van der Waals surface area contributed by atoms with Crippen LogP contribution in [-0.2, 0) is 0 Å². The van der Waals surface area contributed by atoms with Gasteiger partial charge < -0.3 is 10.1 Å². The minimum atomic E-state index is 0.222.